The zero-order chi connectivity index (χ0) is 18.7. The zero-order valence-corrected chi connectivity index (χ0v) is 14.8. The summed E-state index contributed by atoms with van der Waals surface area (Å²) in [6.07, 6.45) is 3.21. The lowest BCUT2D eigenvalue weighted by Crippen LogP contribution is -2.37. The molecule has 2 aliphatic rings. The Hall–Kier alpha value is -2.41. The van der Waals surface area contributed by atoms with Crippen LogP contribution in [0.15, 0.2) is 24.3 Å². The maximum absolute atomic E-state index is 12.3. The van der Waals surface area contributed by atoms with Crippen molar-refractivity contribution in [3.05, 3.63) is 29.3 Å². The van der Waals surface area contributed by atoms with Crippen molar-refractivity contribution < 1.29 is 23.9 Å². The highest BCUT2D eigenvalue weighted by Crippen LogP contribution is 2.37. The summed E-state index contributed by atoms with van der Waals surface area (Å²) in [4.78, 5) is 49.3. The van der Waals surface area contributed by atoms with Gasteiger partial charge in [0.2, 0.25) is 11.8 Å². The summed E-state index contributed by atoms with van der Waals surface area (Å²) < 4.78 is 4.89. The molecule has 1 aliphatic carbocycles. The van der Waals surface area contributed by atoms with Gasteiger partial charge in [-0.2, -0.15) is 0 Å². The van der Waals surface area contributed by atoms with Crippen LogP contribution in [-0.2, 0) is 23.9 Å². The molecule has 1 saturated carbocycles. The Morgan fingerprint density at radius 3 is 2.23 bits per heavy atom. The molecule has 1 aromatic carbocycles. The molecule has 1 saturated heterocycles. The summed E-state index contributed by atoms with van der Waals surface area (Å²) in [6, 6.07) is 6.47. The molecular weight excluding hydrogens is 360 g/mol. The van der Waals surface area contributed by atoms with Gasteiger partial charge in [-0.25, -0.2) is 0 Å². The molecule has 26 heavy (non-hydrogen) atoms. The molecule has 0 aromatic heterocycles. The first-order valence-corrected chi connectivity index (χ1v) is 8.90. The fraction of sp³-hybridized carbons (Fsp3) is 0.444. The van der Waals surface area contributed by atoms with Crippen molar-refractivity contribution in [2.45, 2.75) is 25.7 Å². The average Bonchev–Trinajstić information content (AvgIpc) is 2.87. The van der Waals surface area contributed by atoms with Gasteiger partial charge in [0.05, 0.1) is 11.8 Å². The molecule has 0 radical (unpaired) electrons. The predicted molar refractivity (Wildman–Crippen MR) is 93.2 cm³/mol. The Labute approximate surface area is 155 Å². The summed E-state index contributed by atoms with van der Waals surface area (Å²) in [6.45, 7) is -0.941. The zero-order valence-electron chi connectivity index (χ0n) is 14.1. The van der Waals surface area contributed by atoms with Crippen molar-refractivity contribution in [2.24, 2.45) is 11.8 Å². The number of carbonyl (C=O) groups is 4. The number of halogens is 1. The van der Waals surface area contributed by atoms with Crippen molar-refractivity contribution in [3.63, 3.8) is 0 Å². The van der Waals surface area contributed by atoms with Gasteiger partial charge in [-0.1, -0.05) is 24.4 Å². The molecule has 1 heterocycles. The maximum Gasteiger partial charge on any atom is 0.326 e. The van der Waals surface area contributed by atoms with Crippen molar-refractivity contribution >= 4 is 41.0 Å². The summed E-state index contributed by atoms with van der Waals surface area (Å²) in [5.41, 5.74) is 0.518. The lowest BCUT2D eigenvalue weighted by Gasteiger charge is -2.19. The van der Waals surface area contributed by atoms with E-state index in [0.29, 0.717) is 23.6 Å². The number of likely N-dealkylation sites (tertiary alicyclic amines) is 1. The van der Waals surface area contributed by atoms with Gasteiger partial charge in [-0.15, -0.1) is 0 Å². The number of fused-ring (bicyclic) bond motifs is 1. The van der Waals surface area contributed by atoms with Crippen molar-refractivity contribution in [2.75, 3.05) is 18.5 Å². The number of nitrogens with one attached hydrogen (secondary N) is 1. The van der Waals surface area contributed by atoms with E-state index in [2.05, 4.69) is 5.32 Å². The fourth-order valence-corrected chi connectivity index (χ4v) is 3.56. The highest BCUT2D eigenvalue weighted by atomic mass is 35.5. The molecule has 0 unspecified atom stereocenters. The van der Waals surface area contributed by atoms with E-state index in [0.717, 1.165) is 17.7 Å². The highest BCUT2D eigenvalue weighted by molar-refractivity contribution is 6.30. The second kappa shape index (κ2) is 7.86. The van der Waals surface area contributed by atoms with Crippen molar-refractivity contribution in [1.29, 1.82) is 0 Å². The van der Waals surface area contributed by atoms with E-state index in [9.17, 15) is 19.2 Å². The van der Waals surface area contributed by atoms with Crippen LogP contribution in [0.5, 0.6) is 0 Å². The van der Waals surface area contributed by atoms with Gasteiger partial charge in [0, 0.05) is 10.7 Å². The lowest BCUT2D eigenvalue weighted by molar-refractivity contribution is -0.154. The van der Waals surface area contributed by atoms with Gasteiger partial charge in [-0.3, -0.25) is 24.1 Å². The third-order valence-electron chi connectivity index (χ3n) is 4.71. The number of benzene rings is 1. The maximum atomic E-state index is 12.3. The number of esters is 1. The lowest BCUT2D eigenvalue weighted by atomic mass is 9.81. The van der Waals surface area contributed by atoms with E-state index in [-0.39, 0.29) is 23.7 Å². The molecule has 2 atom stereocenters. The van der Waals surface area contributed by atoms with Crippen LogP contribution >= 0.6 is 11.6 Å². The van der Waals surface area contributed by atoms with Crippen LogP contribution < -0.4 is 5.32 Å². The molecule has 1 N–H and O–H groups in total. The van der Waals surface area contributed by atoms with E-state index in [4.69, 9.17) is 16.3 Å². The smallest absolute Gasteiger partial charge is 0.326 e. The van der Waals surface area contributed by atoms with Crippen molar-refractivity contribution in [1.82, 2.24) is 4.90 Å². The number of imide groups is 1. The van der Waals surface area contributed by atoms with Gasteiger partial charge >= 0.3 is 5.97 Å². The van der Waals surface area contributed by atoms with E-state index in [1.807, 2.05) is 0 Å². The first-order chi connectivity index (χ1) is 12.5. The molecule has 2 fully saturated rings. The molecule has 138 valence electrons. The number of anilines is 1. The molecule has 7 nitrogen and oxygen atoms in total. The van der Waals surface area contributed by atoms with Gasteiger partial charge < -0.3 is 10.1 Å². The van der Waals surface area contributed by atoms with E-state index >= 15 is 0 Å². The number of amides is 3. The molecule has 1 aromatic rings. The van der Waals surface area contributed by atoms with E-state index < -0.39 is 25.0 Å². The standard InChI is InChI=1S/C18H19ClN2O5/c19-11-5-7-12(8-6-11)20-15(22)10-26-16(23)9-21-17(24)13-3-1-2-4-14(13)18(21)25/h5-8,13-14H,1-4,9-10H2,(H,20,22)/t13-,14-/m0/s1. The van der Waals surface area contributed by atoms with Crippen LogP contribution in [0.25, 0.3) is 0 Å². The summed E-state index contributed by atoms with van der Waals surface area (Å²) in [7, 11) is 0. The van der Waals surface area contributed by atoms with Crippen LogP contribution in [0.1, 0.15) is 25.7 Å². The van der Waals surface area contributed by atoms with Gasteiger partial charge in [0.25, 0.3) is 5.91 Å². The van der Waals surface area contributed by atoms with Gasteiger partial charge in [-0.05, 0) is 37.1 Å². The van der Waals surface area contributed by atoms with E-state index in [1.165, 1.54) is 0 Å². The van der Waals surface area contributed by atoms with E-state index in [1.54, 1.807) is 24.3 Å². The first kappa shape index (κ1) is 18.4. The van der Waals surface area contributed by atoms with Crippen molar-refractivity contribution in [3.8, 4) is 0 Å². The Morgan fingerprint density at radius 2 is 1.65 bits per heavy atom. The van der Waals surface area contributed by atoms with Crippen LogP contribution in [0.2, 0.25) is 5.02 Å². The Balaban J connectivity index is 1.48. The molecule has 3 rings (SSSR count). The SMILES string of the molecule is O=C(COC(=O)CN1C(=O)[C@H]2CCCC[C@@H]2C1=O)Nc1ccc(Cl)cc1. The first-order valence-electron chi connectivity index (χ1n) is 8.52. The van der Waals surface area contributed by atoms with Crippen LogP contribution in [0, 0.1) is 11.8 Å². The number of rotatable bonds is 5. The number of ether oxygens (including phenoxy) is 1. The summed E-state index contributed by atoms with van der Waals surface area (Å²) in [5, 5.41) is 3.09. The quantitative estimate of drug-likeness (QED) is 0.624. The highest BCUT2D eigenvalue weighted by Gasteiger charge is 2.48. The number of hydrogen-bond donors (Lipinski definition) is 1. The summed E-state index contributed by atoms with van der Waals surface area (Å²) >= 11 is 5.76. The second-order valence-electron chi connectivity index (χ2n) is 6.48. The number of carbonyl (C=O) groups excluding carboxylic acids is 4. The molecule has 0 spiro atoms. The van der Waals surface area contributed by atoms with Gasteiger partial charge in [0.1, 0.15) is 6.54 Å². The number of nitrogens with zero attached hydrogens (tertiary/aromatic N) is 1. The number of hydrogen-bond acceptors (Lipinski definition) is 5. The predicted octanol–water partition coefficient (Wildman–Crippen LogP) is 2.00. The third-order valence-corrected chi connectivity index (χ3v) is 4.96. The minimum Gasteiger partial charge on any atom is -0.454 e. The molecule has 0 bridgehead atoms. The topological polar surface area (TPSA) is 92.8 Å². The largest absolute Gasteiger partial charge is 0.454 e. The van der Waals surface area contributed by atoms with Crippen LogP contribution in [0.4, 0.5) is 5.69 Å². The molecule has 8 heteroatoms. The summed E-state index contributed by atoms with van der Waals surface area (Å²) in [5.74, 6) is -2.52. The minimum atomic E-state index is -0.781. The van der Waals surface area contributed by atoms with Gasteiger partial charge in [0.15, 0.2) is 6.61 Å². The molecule has 3 amide bonds. The Morgan fingerprint density at radius 1 is 1.08 bits per heavy atom. The minimum absolute atomic E-state index is 0.303. The van der Waals surface area contributed by atoms with Crippen LogP contribution in [-0.4, -0.2) is 41.7 Å². The second-order valence-corrected chi connectivity index (χ2v) is 6.91. The molecular formula is C18H19ClN2O5. The van der Waals surface area contributed by atoms with Crippen LogP contribution in [0.3, 0.4) is 0 Å². The monoisotopic (exact) mass is 378 g/mol. The third kappa shape index (κ3) is 4.04. The molecule has 1 aliphatic heterocycles. The Kier molecular flexibility index (Phi) is 5.56. The Bertz CT molecular complexity index is 710. The fourth-order valence-electron chi connectivity index (χ4n) is 3.44. The normalized spacial score (nSPS) is 22.1. The average molecular weight is 379 g/mol.